The van der Waals surface area contributed by atoms with Crippen molar-refractivity contribution in [3.63, 3.8) is 0 Å². The molecular weight excluding hydrogens is 264 g/mol. The highest BCUT2D eigenvalue weighted by Crippen LogP contribution is 2.22. The topological polar surface area (TPSA) is 65.2 Å². The lowest BCUT2D eigenvalue weighted by molar-refractivity contribution is 0.0510. The number of nitrogens with two attached hydrogens (primary N) is 1. The van der Waals surface area contributed by atoms with Crippen LogP contribution in [-0.2, 0) is 11.2 Å². The van der Waals surface area contributed by atoms with Crippen LogP contribution >= 0.6 is 11.6 Å². The van der Waals surface area contributed by atoms with Crippen LogP contribution in [0.5, 0.6) is 0 Å². The number of pyridine rings is 1. The lowest BCUT2D eigenvalue weighted by atomic mass is 10.2. The van der Waals surface area contributed by atoms with Gasteiger partial charge >= 0.3 is 5.97 Å². The van der Waals surface area contributed by atoms with E-state index in [0.29, 0.717) is 17.1 Å². The van der Waals surface area contributed by atoms with E-state index in [1.165, 1.54) is 0 Å². The van der Waals surface area contributed by atoms with Gasteiger partial charge in [0, 0.05) is 24.5 Å². The number of benzene rings is 1. The SMILES string of the molecule is Nc1cccc(Cl)c1C(=O)OCCc1cccnc1. The molecule has 1 aromatic carbocycles. The lowest BCUT2D eigenvalue weighted by Gasteiger charge is -2.08. The molecule has 0 unspecified atom stereocenters. The summed E-state index contributed by atoms with van der Waals surface area (Å²) in [4.78, 5) is 15.9. The lowest BCUT2D eigenvalue weighted by Crippen LogP contribution is -2.11. The largest absolute Gasteiger partial charge is 0.462 e. The third-order valence-electron chi connectivity index (χ3n) is 2.60. The third kappa shape index (κ3) is 3.45. The fourth-order valence-corrected chi connectivity index (χ4v) is 1.89. The number of rotatable bonds is 4. The molecule has 19 heavy (non-hydrogen) atoms. The Labute approximate surface area is 116 Å². The molecule has 0 fully saturated rings. The zero-order chi connectivity index (χ0) is 13.7. The van der Waals surface area contributed by atoms with Gasteiger partial charge in [-0.3, -0.25) is 4.98 Å². The zero-order valence-electron chi connectivity index (χ0n) is 10.2. The Kier molecular flexibility index (Phi) is 4.36. The molecule has 0 saturated heterocycles. The van der Waals surface area contributed by atoms with Crippen LogP contribution in [-0.4, -0.2) is 17.6 Å². The van der Waals surface area contributed by atoms with Crippen LogP contribution in [0.1, 0.15) is 15.9 Å². The summed E-state index contributed by atoms with van der Waals surface area (Å²) in [6.45, 7) is 0.259. The van der Waals surface area contributed by atoms with Gasteiger partial charge in [0.2, 0.25) is 0 Å². The first-order valence-corrected chi connectivity index (χ1v) is 6.16. The number of hydrogen-bond acceptors (Lipinski definition) is 4. The Balaban J connectivity index is 1.95. The first kappa shape index (κ1) is 13.4. The average Bonchev–Trinajstić information content (AvgIpc) is 2.40. The molecule has 1 aromatic heterocycles. The van der Waals surface area contributed by atoms with Crippen LogP contribution in [0.25, 0.3) is 0 Å². The van der Waals surface area contributed by atoms with Gasteiger partial charge in [0.15, 0.2) is 0 Å². The Morgan fingerprint density at radius 1 is 1.32 bits per heavy atom. The number of hydrogen-bond donors (Lipinski definition) is 1. The number of esters is 1. The molecule has 98 valence electrons. The predicted octanol–water partition coefficient (Wildman–Crippen LogP) is 2.72. The molecule has 0 aliphatic rings. The predicted molar refractivity (Wildman–Crippen MR) is 74.1 cm³/mol. The van der Waals surface area contributed by atoms with Crippen LogP contribution in [0, 0.1) is 0 Å². The van der Waals surface area contributed by atoms with E-state index in [0.717, 1.165) is 5.56 Å². The summed E-state index contributed by atoms with van der Waals surface area (Å²) < 4.78 is 5.16. The van der Waals surface area contributed by atoms with E-state index in [-0.39, 0.29) is 12.2 Å². The van der Waals surface area contributed by atoms with E-state index in [2.05, 4.69) is 4.98 Å². The van der Waals surface area contributed by atoms with Crippen molar-refractivity contribution >= 4 is 23.3 Å². The number of nitrogens with zero attached hydrogens (tertiary/aromatic N) is 1. The number of aromatic nitrogens is 1. The normalized spacial score (nSPS) is 10.2. The number of anilines is 1. The summed E-state index contributed by atoms with van der Waals surface area (Å²) in [6.07, 6.45) is 4.03. The first-order chi connectivity index (χ1) is 9.18. The average molecular weight is 277 g/mol. The quantitative estimate of drug-likeness (QED) is 0.689. The van der Waals surface area contributed by atoms with Gasteiger partial charge in [-0.15, -0.1) is 0 Å². The van der Waals surface area contributed by atoms with Gasteiger partial charge in [-0.1, -0.05) is 23.7 Å². The smallest absolute Gasteiger partial charge is 0.341 e. The highest BCUT2D eigenvalue weighted by atomic mass is 35.5. The third-order valence-corrected chi connectivity index (χ3v) is 2.91. The molecule has 4 nitrogen and oxygen atoms in total. The second kappa shape index (κ2) is 6.20. The molecule has 0 spiro atoms. The van der Waals surface area contributed by atoms with E-state index < -0.39 is 5.97 Å². The maximum atomic E-state index is 11.9. The van der Waals surface area contributed by atoms with Crippen LogP contribution < -0.4 is 5.73 Å². The van der Waals surface area contributed by atoms with E-state index in [1.807, 2.05) is 12.1 Å². The number of ether oxygens (including phenoxy) is 1. The van der Waals surface area contributed by atoms with Crippen molar-refractivity contribution in [3.8, 4) is 0 Å². The van der Waals surface area contributed by atoms with Gasteiger partial charge in [0.05, 0.1) is 11.6 Å². The van der Waals surface area contributed by atoms with Crippen LogP contribution in [0.3, 0.4) is 0 Å². The van der Waals surface area contributed by atoms with Crippen molar-refractivity contribution in [1.82, 2.24) is 4.98 Å². The highest BCUT2D eigenvalue weighted by molar-refractivity contribution is 6.34. The summed E-state index contributed by atoms with van der Waals surface area (Å²) in [7, 11) is 0. The molecule has 0 aliphatic carbocycles. The Bertz CT molecular complexity index is 553. The van der Waals surface area contributed by atoms with E-state index in [4.69, 9.17) is 22.1 Å². The molecule has 2 N–H and O–H groups in total. The van der Waals surface area contributed by atoms with Crippen LogP contribution in [0.15, 0.2) is 42.7 Å². The van der Waals surface area contributed by atoms with Gasteiger partial charge in [-0.2, -0.15) is 0 Å². The standard InChI is InChI=1S/C14H13ClN2O2/c15-11-4-1-5-12(16)13(11)14(18)19-8-6-10-3-2-7-17-9-10/h1-5,7,9H,6,8,16H2. The highest BCUT2D eigenvalue weighted by Gasteiger charge is 2.15. The summed E-state index contributed by atoms with van der Waals surface area (Å²) in [6, 6.07) is 8.66. The van der Waals surface area contributed by atoms with E-state index in [9.17, 15) is 4.79 Å². The molecule has 0 atom stereocenters. The molecule has 5 heteroatoms. The molecule has 1 heterocycles. The minimum atomic E-state index is -0.507. The number of carbonyl (C=O) groups is 1. The van der Waals surface area contributed by atoms with Gasteiger partial charge < -0.3 is 10.5 Å². The van der Waals surface area contributed by atoms with Gasteiger partial charge in [-0.05, 0) is 23.8 Å². The maximum Gasteiger partial charge on any atom is 0.341 e. The Morgan fingerprint density at radius 3 is 2.84 bits per heavy atom. The van der Waals surface area contributed by atoms with Crippen molar-refractivity contribution in [2.75, 3.05) is 12.3 Å². The fourth-order valence-electron chi connectivity index (χ4n) is 1.64. The molecule has 2 aromatic rings. The van der Waals surface area contributed by atoms with Crippen molar-refractivity contribution < 1.29 is 9.53 Å². The van der Waals surface area contributed by atoms with E-state index >= 15 is 0 Å². The maximum absolute atomic E-state index is 11.9. The van der Waals surface area contributed by atoms with Gasteiger partial charge in [-0.25, -0.2) is 4.79 Å². The number of nitrogen functional groups attached to an aromatic ring is 1. The van der Waals surface area contributed by atoms with Crippen LogP contribution in [0.4, 0.5) is 5.69 Å². The first-order valence-electron chi connectivity index (χ1n) is 5.78. The molecule has 0 amide bonds. The van der Waals surface area contributed by atoms with Gasteiger partial charge in [0.25, 0.3) is 0 Å². The fraction of sp³-hybridized carbons (Fsp3) is 0.143. The second-order valence-corrected chi connectivity index (χ2v) is 4.36. The van der Waals surface area contributed by atoms with Gasteiger partial charge in [0.1, 0.15) is 5.56 Å². The summed E-state index contributed by atoms with van der Waals surface area (Å²) >= 11 is 5.93. The summed E-state index contributed by atoms with van der Waals surface area (Å²) in [5.74, 6) is -0.507. The van der Waals surface area contributed by atoms with Crippen molar-refractivity contribution in [1.29, 1.82) is 0 Å². The molecule has 0 aliphatic heterocycles. The Morgan fingerprint density at radius 2 is 2.16 bits per heavy atom. The van der Waals surface area contributed by atoms with Crippen LogP contribution in [0.2, 0.25) is 5.02 Å². The van der Waals surface area contributed by atoms with Crippen molar-refractivity contribution in [3.05, 3.63) is 58.9 Å². The molecule has 0 radical (unpaired) electrons. The minimum Gasteiger partial charge on any atom is -0.462 e. The Hall–Kier alpha value is -2.07. The molecule has 0 saturated carbocycles. The number of halogens is 1. The summed E-state index contributed by atoms with van der Waals surface area (Å²) in [5, 5.41) is 0.298. The molecule has 2 rings (SSSR count). The van der Waals surface area contributed by atoms with E-state index in [1.54, 1.807) is 30.6 Å². The number of carbonyl (C=O) groups excluding carboxylic acids is 1. The monoisotopic (exact) mass is 276 g/mol. The minimum absolute atomic E-state index is 0.218. The van der Waals surface area contributed by atoms with Crippen molar-refractivity contribution in [2.24, 2.45) is 0 Å². The zero-order valence-corrected chi connectivity index (χ0v) is 10.9. The van der Waals surface area contributed by atoms with Crippen molar-refractivity contribution in [2.45, 2.75) is 6.42 Å². The molecular formula is C14H13ClN2O2. The molecule has 0 bridgehead atoms. The summed E-state index contributed by atoms with van der Waals surface area (Å²) in [5.41, 5.74) is 7.25. The second-order valence-electron chi connectivity index (χ2n) is 3.95.